The molecule has 0 aliphatic carbocycles. The number of nitrogens with zero attached hydrogens (tertiary/aromatic N) is 1. The number of hydrogen-bond donors (Lipinski definition) is 2. The molecule has 3 N–H and O–H groups in total. The Morgan fingerprint density at radius 2 is 2.50 bits per heavy atom. The number of carbonyl (C=O) groups is 1. The maximum absolute atomic E-state index is 12.1. The number of aromatic nitrogens is 1. The minimum absolute atomic E-state index is 0.0535. The van der Waals surface area contributed by atoms with Gasteiger partial charge < -0.3 is 11.1 Å². The van der Waals surface area contributed by atoms with Gasteiger partial charge in [0.25, 0.3) is 5.91 Å². The predicted octanol–water partition coefficient (Wildman–Crippen LogP) is 2.57. The third-order valence-electron chi connectivity index (χ3n) is 2.64. The van der Waals surface area contributed by atoms with Crippen LogP contribution in [-0.2, 0) is 0 Å². The number of nitrogen functional groups attached to an aromatic ring is 1. The first kappa shape index (κ1) is 12.6. The first-order valence-corrected chi connectivity index (χ1v) is 6.49. The van der Waals surface area contributed by atoms with Gasteiger partial charge in [0.05, 0.1) is 10.4 Å². The van der Waals surface area contributed by atoms with Crippen LogP contribution in [0.5, 0.6) is 0 Å². The lowest BCUT2D eigenvalue weighted by atomic mass is 10.2. The highest BCUT2D eigenvalue weighted by atomic mass is 32.1. The third kappa shape index (κ3) is 2.36. The highest BCUT2D eigenvalue weighted by Crippen LogP contribution is 2.32. The normalized spacial score (nSPS) is 12.3. The summed E-state index contributed by atoms with van der Waals surface area (Å²) >= 11 is 1.37. The molecular formula is C13H15N3OS. The van der Waals surface area contributed by atoms with Gasteiger partial charge in [0.1, 0.15) is 4.88 Å². The summed E-state index contributed by atoms with van der Waals surface area (Å²) in [4.78, 5) is 16.7. The molecule has 1 atom stereocenters. The van der Waals surface area contributed by atoms with Gasteiger partial charge in [0.2, 0.25) is 0 Å². The van der Waals surface area contributed by atoms with E-state index in [1.807, 2.05) is 13.0 Å². The predicted molar refractivity (Wildman–Crippen MR) is 75.8 cm³/mol. The molecule has 0 spiro atoms. The summed E-state index contributed by atoms with van der Waals surface area (Å²) < 4.78 is 0.927. The molecule has 2 rings (SSSR count). The summed E-state index contributed by atoms with van der Waals surface area (Å²) in [6.45, 7) is 5.59. The maximum Gasteiger partial charge on any atom is 0.263 e. The van der Waals surface area contributed by atoms with Crippen molar-refractivity contribution < 1.29 is 4.79 Å². The fourth-order valence-corrected chi connectivity index (χ4v) is 2.73. The Bertz CT molecular complexity index is 591. The van der Waals surface area contributed by atoms with Crippen LogP contribution >= 0.6 is 11.3 Å². The second kappa shape index (κ2) is 5.18. The molecule has 0 aliphatic rings. The zero-order valence-electron chi connectivity index (χ0n) is 10.1. The topological polar surface area (TPSA) is 68.0 Å². The van der Waals surface area contributed by atoms with Crippen molar-refractivity contribution in [2.24, 2.45) is 0 Å². The molecule has 4 nitrogen and oxygen atoms in total. The molecular weight excluding hydrogens is 246 g/mol. The van der Waals surface area contributed by atoms with Gasteiger partial charge in [-0.1, -0.05) is 6.08 Å². The van der Waals surface area contributed by atoms with Crippen LogP contribution in [0.4, 0.5) is 5.69 Å². The van der Waals surface area contributed by atoms with Crippen LogP contribution in [0, 0.1) is 0 Å². The largest absolute Gasteiger partial charge is 0.397 e. The number of rotatable bonds is 4. The van der Waals surface area contributed by atoms with Crippen LogP contribution in [-0.4, -0.2) is 16.9 Å². The molecule has 94 valence electrons. The average molecular weight is 261 g/mol. The van der Waals surface area contributed by atoms with E-state index in [2.05, 4.69) is 16.9 Å². The Morgan fingerprint density at radius 3 is 3.17 bits per heavy atom. The van der Waals surface area contributed by atoms with Gasteiger partial charge in [-0.15, -0.1) is 17.9 Å². The fourth-order valence-electron chi connectivity index (χ4n) is 1.74. The van der Waals surface area contributed by atoms with Crippen LogP contribution in [0.15, 0.2) is 31.1 Å². The van der Waals surface area contributed by atoms with Crippen molar-refractivity contribution in [1.29, 1.82) is 0 Å². The maximum atomic E-state index is 12.1. The molecule has 0 fully saturated rings. The standard InChI is InChI=1S/C13H15N3OS/c1-3-4-8(2)16-13(17)12-11(14)9-5-6-15-7-10(9)18-12/h3,5-8H,1,4,14H2,2H3,(H,16,17). The highest BCUT2D eigenvalue weighted by Gasteiger charge is 2.17. The number of nitrogens with two attached hydrogens (primary N) is 1. The highest BCUT2D eigenvalue weighted by molar-refractivity contribution is 7.21. The summed E-state index contributed by atoms with van der Waals surface area (Å²) in [6.07, 6.45) is 5.91. The number of amides is 1. The van der Waals surface area contributed by atoms with Gasteiger partial charge in [0.15, 0.2) is 0 Å². The zero-order valence-corrected chi connectivity index (χ0v) is 11.0. The number of fused-ring (bicyclic) bond motifs is 1. The molecule has 0 aromatic carbocycles. The van der Waals surface area contributed by atoms with Crippen molar-refractivity contribution in [2.75, 3.05) is 5.73 Å². The number of hydrogen-bond acceptors (Lipinski definition) is 4. The minimum atomic E-state index is -0.136. The van der Waals surface area contributed by atoms with Gasteiger partial charge in [-0.3, -0.25) is 9.78 Å². The molecule has 0 radical (unpaired) electrons. The minimum Gasteiger partial charge on any atom is -0.397 e. The van der Waals surface area contributed by atoms with Gasteiger partial charge >= 0.3 is 0 Å². The van der Waals surface area contributed by atoms with Crippen molar-refractivity contribution in [1.82, 2.24) is 10.3 Å². The number of thiophene rings is 1. The van der Waals surface area contributed by atoms with E-state index in [0.29, 0.717) is 10.6 Å². The van der Waals surface area contributed by atoms with Gasteiger partial charge in [-0.05, 0) is 19.4 Å². The van der Waals surface area contributed by atoms with Crippen LogP contribution in [0.1, 0.15) is 23.0 Å². The smallest absolute Gasteiger partial charge is 0.263 e. The SMILES string of the molecule is C=CCC(C)NC(=O)c1sc2cnccc2c1N. The Labute approximate surface area is 110 Å². The van der Waals surface area contributed by atoms with E-state index in [0.717, 1.165) is 16.5 Å². The molecule has 18 heavy (non-hydrogen) atoms. The van der Waals surface area contributed by atoms with Gasteiger partial charge in [-0.2, -0.15) is 0 Å². The van der Waals surface area contributed by atoms with E-state index in [-0.39, 0.29) is 11.9 Å². The molecule has 2 aromatic heterocycles. The average Bonchev–Trinajstić information content (AvgIpc) is 2.68. The molecule has 0 saturated carbocycles. The molecule has 1 unspecified atom stereocenters. The zero-order chi connectivity index (χ0) is 13.1. The first-order chi connectivity index (χ1) is 8.63. The van der Waals surface area contributed by atoms with Crippen molar-refractivity contribution in [3.63, 3.8) is 0 Å². The molecule has 2 aromatic rings. The molecule has 2 heterocycles. The van der Waals surface area contributed by atoms with Gasteiger partial charge in [-0.25, -0.2) is 0 Å². The first-order valence-electron chi connectivity index (χ1n) is 5.67. The molecule has 0 saturated heterocycles. The monoisotopic (exact) mass is 261 g/mol. The molecule has 1 amide bonds. The van der Waals surface area contributed by atoms with E-state index in [1.165, 1.54) is 11.3 Å². The van der Waals surface area contributed by atoms with Crippen molar-refractivity contribution in [3.05, 3.63) is 36.0 Å². The van der Waals surface area contributed by atoms with Crippen LogP contribution < -0.4 is 11.1 Å². The van der Waals surface area contributed by atoms with Crippen molar-refractivity contribution in [2.45, 2.75) is 19.4 Å². The Morgan fingerprint density at radius 1 is 1.72 bits per heavy atom. The number of carbonyl (C=O) groups excluding carboxylic acids is 1. The summed E-state index contributed by atoms with van der Waals surface area (Å²) in [5, 5.41) is 3.78. The fraction of sp³-hybridized carbons (Fsp3) is 0.231. The van der Waals surface area contributed by atoms with E-state index >= 15 is 0 Å². The molecule has 0 bridgehead atoms. The van der Waals surface area contributed by atoms with Crippen LogP contribution in [0.25, 0.3) is 10.1 Å². The number of pyridine rings is 1. The number of nitrogens with one attached hydrogen (secondary N) is 1. The summed E-state index contributed by atoms with van der Waals surface area (Å²) in [5.74, 6) is -0.136. The lowest BCUT2D eigenvalue weighted by molar-refractivity contribution is 0.0945. The lowest BCUT2D eigenvalue weighted by Gasteiger charge is -2.10. The Kier molecular flexibility index (Phi) is 3.62. The lowest BCUT2D eigenvalue weighted by Crippen LogP contribution is -2.31. The van der Waals surface area contributed by atoms with Crippen LogP contribution in [0.2, 0.25) is 0 Å². The summed E-state index contributed by atoms with van der Waals surface area (Å²) in [7, 11) is 0. The van der Waals surface area contributed by atoms with Crippen molar-refractivity contribution in [3.8, 4) is 0 Å². The Hall–Kier alpha value is -1.88. The van der Waals surface area contributed by atoms with Gasteiger partial charge in [0, 0.05) is 23.8 Å². The van der Waals surface area contributed by atoms with E-state index in [9.17, 15) is 4.79 Å². The summed E-state index contributed by atoms with van der Waals surface area (Å²) in [5.41, 5.74) is 6.52. The third-order valence-corrected chi connectivity index (χ3v) is 3.79. The van der Waals surface area contributed by atoms with E-state index < -0.39 is 0 Å². The second-order valence-electron chi connectivity index (χ2n) is 4.12. The molecule has 5 heteroatoms. The van der Waals surface area contributed by atoms with Crippen LogP contribution in [0.3, 0.4) is 0 Å². The van der Waals surface area contributed by atoms with E-state index in [1.54, 1.807) is 18.5 Å². The molecule has 0 aliphatic heterocycles. The quantitative estimate of drug-likeness (QED) is 0.831. The van der Waals surface area contributed by atoms with Crippen molar-refractivity contribution >= 4 is 33.0 Å². The summed E-state index contributed by atoms with van der Waals surface area (Å²) in [6, 6.07) is 1.88. The number of anilines is 1. The second-order valence-corrected chi connectivity index (χ2v) is 5.17. The Balaban J connectivity index is 2.28. The van der Waals surface area contributed by atoms with E-state index in [4.69, 9.17) is 5.73 Å².